The van der Waals surface area contributed by atoms with Gasteiger partial charge < -0.3 is 0 Å². The summed E-state index contributed by atoms with van der Waals surface area (Å²) in [7, 11) is 2.06. The van der Waals surface area contributed by atoms with Gasteiger partial charge in [0.05, 0.1) is 6.04 Å². The summed E-state index contributed by atoms with van der Waals surface area (Å²) in [5.74, 6) is 0.833. The maximum Gasteiger partial charge on any atom is 0.0556 e. The molecule has 0 N–H and O–H groups in total. The topological polar surface area (TPSA) is 15.6 Å². The zero-order chi connectivity index (χ0) is 5.72. The van der Waals surface area contributed by atoms with Gasteiger partial charge in [-0.25, -0.2) is 0 Å². The van der Waals surface area contributed by atoms with Gasteiger partial charge in [-0.2, -0.15) is 5.10 Å². The minimum absolute atomic E-state index is 0.787. The molecule has 2 rings (SSSR count). The van der Waals surface area contributed by atoms with Crippen LogP contribution in [0.2, 0.25) is 0 Å². The van der Waals surface area contributed by atoms with Gasteiger partial charge in [-0.15, -0.1) is 0 Å². The van der Waals surface area contributed by atoms with E-state index in [4.69, 9.17) is 0 Å². The van der Waals surface area contributed by atoms with Gasteiger partial charge in [0.15, 0.2) is 0 Å². The van der Waals surface area contributed by atoms with Crippen molar-refractivity contribution in [2.75, 3.05) is 7.05 Å². The minimum Gasteiger partial charge on any atom is -0.296 e. The number of hydrogen-bond acceptors (Lipinski definition) is 2. The SMILES string of the molecule is CC1=NN(C)C2CC12. The van der Waals surface area contributed by atoms with E-state index >= 15 is 0 Å². The summed E-state index contributed by atoms with van der Waals surface area (Å²) >= 11 is 0. The van der Waals surface area contributed by atoms with E-state index in [1.54, 1.807) is 0 Å². The van der Waals surface area contributed by atoms with Gasteiger partial charge in [0.1, 0.15) is 0 Å². The molecule has 2 aliphatic rings. The molecule has 0 aromatic rings. The highest BCUT2D eigenvalue weighted by Crippen LogP contribution is 2.40. The average Bonchev–Trinajstić information content (AvgIpc) is 2.35. The molecule has 0 saturated heterocycles. The molecule has 0 amide bonds. The molecule has 1 fully saturated rings. The first-order chi connectivity index (χ1) is 3.79. The maximum atomic E-state index is 4.27. The lowest BCUT2D eigenvalue weighted by Crippen LogP contribution is -2.09. The Kier molecular flexibility index (Phi) is 0.581. The van der Waals surface area contributed by atoms with E-state index in [-0.39, 0.29) is 0 Å². The number of nitrogens with zero attached hydrogens (tertiary/aromatic N) is 2. The molecule has 2 nitrogen and oxygen atoms in total. The molecule has 1 aliphatic carbocycles. The lowest BCUT2D eigenvalue weighted by atomic mass is 10.3. The molecule has 0 radical (unpaired) electrons. The highest BCUT2D eigenvalue weighted by molar-refractivity contribution is 5.89. The summed E-state index contributed by atoms with van der Waals surface area (Å²) in [6, 6.07) is 0.787. The van der Waals surface area contributed by atoms with Crippen molar-refractivity contribution in [1.29, 1.82) is 0 Å². The standard InChI is InChI=1S/C6H10N2/c1-4-5-3-6(5)8(2)7-4/h5-6H,3H2,1-2H3. The van der Waals surface area contributed by atoms with Crippen molar-refractivity contribution < 1.29 is 0 Å². The van der Waals surface area contributed by atoms with E-state index in [2.05, 4.69) is 24.1 Å². The summed E-state index contributed by atoms with van der Waals surface area (Å²) < 4.78 is 0. The highest BCUT2D eigenvalue weighted by Gasteiger charge is 2.46. The van der Waals surface area contributed by atoms with Crippen molar-refractivity contribution in [3.63, 3.8) is 0 Å². The fraction of sp³-hybridized carbons (Fsp3) is 0.833. The third-order valence-electron chi connectivity index (χ3n) is 2.09. The summed E-state index contributed by atoms with van der Waals surface area (Å²) in [4.78, 5) is 0. The monoisotopic (exact) mass is 110 g/mol. The molecule has 2 heteroatoms. The summed E-state index contributed by atoms with van der Waals surface area (Å²) in [6.45, 7) is 2.12. The maximum absolute atomic E-state index is 4.27. The quantitative estimate of drug-likeness (QED) is 0.448. The van der Waals surface area contributed by atoms with Crippen LogP contribution in [0.25, 0.3) is 0 Å². The molecule has 1 heterocycles. The number of rotatable bonds is 0. The van der Waals surface area contributed by atoms with Crippen LogP contribution in [0.3, 0.4) is 0 Å². The molecule has 0 spiro atoms. The van der Waals surface area contributed by atoms with Crippen LogP contribution in [0.5, 0.6) is 0 Å². The molecule has 0 bridgehead atoms. The first kappa shape index (κ1) is 4.36. The van der Waals surface area contributed by atoms with Crippen LogP contribution in [-0.4, -0.2) is 23.8 Å². The number of fused-ring (bicyclic) bond motifs is 1. The van der Waals surface area contributed by atoms with Crippen molar-refractivity contribution in [3.05, 3.63) is 0 Å². The van der Waals surface area contributed by atoms with Gasteiger partial charge >= 0.3 is 0 Å². The van der Waals surface area contributed by atoms with E-state index in [9.17, 15) is 0 Å². The lowest BCUT2D eigenvalue weighted by Gasteiger charge is -2.05. The van der Waals surface area contributed by atoms with E-state index < -0.39 is 0 Å². The molecule has 1 saturated carbocycles. The molecule has 0 aromatic carbocycles. The second kappa shape index (κ2) is 1.07. The number of hydrazone groups is 1. The van der Waals surface area contributed by atoms with Crippen molar-refractivity contribution in [2.24, 2.45) is 11.0 Å². The number of hydrogen-bond donors (Lipinski definition) is 0. The Morgan fingerprint density at radius 2 is 2.50 bits per heavy atom. The fourth-order valence-corrected chi connectivity index (χ4v) is 1.44. The van der Waals surface area contributed by atoms with Crippen LogP contribution >= 0.6 is 0 Å². The Bertz CT molecular complexity index is 151. The Hall–Kier alpha value is -0.530. The molecule has 2 atom stereocenters. The minimum atomic E-state index is 0.787. The fourth-order valence-electron chi connectivity index (χ4n) is 1.44. The predicted octanol–water partition coefficient (Wildman–Crippen LogP) is 0.696. The van der Waals surface area contributed by atoms with Crippen molar-refractivity contribution >= 4 is 5.71 Å². The first-order valence-electron chi connectivity index (χ1n) is 3.07. The Balaban J connectivity index is 2.25. The summed E-state index contributed by atoms with van der Waals surface area (Å²) in [5, 5.41) is 6.35. The van der Waals surface area contributed by atoms with E-state index in [0.717, 1.165) is 12.0 Å². The van der Waals surface area contributed by atoms with Crippen LogP contribution in [0.1, 0.15) is 13.3 Å². The molecule has 2 unspecified atom stereocenters. The zero-order valence-corrected chi connectivity index (χ0v) is 5.26. The first-order valence-corrected chi connectivity index (χ1v) is 3.07. The molecule has 1 aliphatic heterocycles. The highest BCUT2D eigenvalue weighted by atomic mass is 15.5. The van der Waals surface area contributed by atoms with Crippen LogP contribution in [0.15, 0.2) is 5.10 Å². The molecule has 44 valence electrons. The molecule has 0 aromatic heterocycles. The van der Waals surface area contributed by atoms with Crippen LogP contribution < -0.4 is 0 Å². The Labute approximate surface area is 49.2 Å². The molecular formula is C6H10N2. The lowest BCUT2D eigenvalue weighted by molar-refractivity contribution is 0.356. The van der Waals surface area contributed by atoms with Crippen molar-refractivity contribution in [2.45, 2.75) is 19.4 Å². The van der Waals surface area contributed by atoms with Gasteiger partial charge in [0, 0.05) is 18.7 Å². The Morgan fingerprint density at radius 1 is 1.75 bits per heavy atom. The van der Waals surface area contributed by atoms with E-state index in [1.807, 2.05) is 0 Å². The van der Waals surface area contributed by atoms with Crippen LogP contribution in [0.4, 0.5) is 0 Å². The second-order valence-electron chi connectivity index (χ2n) is 2.72. The van der Waals surface area contributed by atoms with Crippen molar-refractivity contribution in [3.8, 4) is 0 Å². The second-order valence-corrected chi connectivity index (χ2v) is 2.72. The largest absolute Gasteiger partial charge is 0.296 e. The third-order valence-corrected chi connectivity index (χ3v) is 2.09. The molecular weight excluding hydrogens is 100 g/mol. The zero-order valence-electron chi connectivity index (χ0n) is 5.26. The summed E-state index contributed by atoms with van der Waals surface area (Å²) in [6.07, 6.45) is 1.35. The third kappa shape index (κ3) is 0.358. The predicted molar refractivity (Wildman–Crippen MR) is 32.8 cm³/mol. The van der Waals surface area contributed by atoms with Crippen LogP contribution in [-0.2, 0) is 0 Å². The summed E-state index contributed by atoms with van der Waals surface area (Å²) in [5.41, 5.74) is 1.33. The Morgan fingerprint density at radius 3 is 2.62 bits per heavy atom. The van der Waals surface area contributed by atoms with Crippen molar-refractivity contribution in [1.82, 2.24) is 5.01 Å². The normalized spacial score (nSPS) is 41.8. The molecule has 8 heavy (non-hydrogen) atoms. The van der Waals surface area contributed by atoms with Crippen LogP contribution in [0, 0.1) is 5.92 Å². The van der Waals surface area contributed by atoms with Gasteiger partial charge in [0.25, 0.3) is 0 Å². The van der Waals surface area contributed by atoms with Gasteiger partial charge in [0.2, 0.25) is 0 Å². The van der Waals surface area contributed by atoms with Gasteiger partial charge in [-0.1, -0.05) is 0 Å². The smallest absolute Gasteiger partial charge is 0.0556 e. The average molecular weight is 110 g/mol. The van der Waals surface area contributed by atoms with Gasteiger partial charge in [-0.3, -0.25) is 5.01 Å². The van der Waals surface area contributed by atoms with E-state index in [1.165, 1.54) is 12.1 Å². The van der Waals surface area contributed by atoms with Gasteiger partial charge in [-0.05, 0) is 13.3 Å². The van der Waals surface area contributed by atoms with E-state index in [0.29, 0.717) is 0 Å².